The molecule has 138 valence electrons. The Morgan fingerprint density at radius 1 is 1.11 bits per heavy atom. The minimum Gasteiger partial charge on any atom is -0.379 e. The average Bonchev–Trinajstić information content (AvgIpc) is 3.25. The highest BCUT2D eigenvalue weighted by molar-refractivity contribution is 7.13. The summed E-state index contributed by atoms with van der Waals surface area (Å²) in [6.45, 7) is 2.43. The van der Waals surface area contributed by atoms with Crippen LogP contribution in [-0.4, -0.2) is 52.3 Å². The van der Waals surface area contributed by atoms with Crippen molar-refractivity contribution in [3.8, 4) is 10.7 Å². The van der Waals surface area contributed by atoms with Gasteiger partial charge in [0.25, 0.3) is 0 Å². The lowest BCUT2D eigenvalue weighted by molar-refractivity contribution is 0.0203. The molecule has 1 saturated heterocycles. The van der Waals surface area contributed by atoms with E-state index in [2.05, 4.69) is 20.4 Å². The molecule has 0 aliphatic carbocycles. The Kier molecular flexibility index (Phi) is 5.33. The Balaban J connectivity index is 1.66. The predicted molar refractivity (Wildman–Crippen MR) is 103 cm³/mol. The molecule has 27 heavy (non-hydrogen) atoms. The van der Waals surface area contributed by atoms with Crippen molar-refractivity contribution in [1.29, 1.82) is 0 Å². The van der Waals surface area contributed by atoms with Crippen LogP contribution < -0.4 is 10.3 Å². The van der Waals surface area contributed by atoms with Gasteiger partial charge >= 0.3 is 6.03 Å². The zero-order chi connectivity index (χ0) is 18.5. The molecule has 1 aliphatic rings. The van der Waals surface area contributed by atoms with Gasteiger partial charge in [0.15, 0.2) is 5.82 Å². The second-order valence-electron chi connectivity index (χ2n) is 5.77. The van der Waals surface area contributed by atoms with Crippen LogP contribution in [0.1, 0.15) is 0 Å². The van der Waals surface area contributed by atoms with Gasteiger partial charge in [0.1, 0.15) is 6.33 Å². The van der Waals surface area contributed by atoms with Crippen molar-refractivity contribution in [2.24, 2.45) is 0 Å². The second-order valence-corrected chi connectivity index (χ2v) is 6.72. The Bertz CT molecular complexity index is 884. The van der Waals surface area contributed by atoms with Crippen molar-refractivity contribution in [1.82, 2.24) is 25.4 Å². The third kappa shape index (κ3) is 4.11. The fourth-order valence-corrected chi connectivity index (χ4v) is 3.35. The summed E-state index contributed by atoms with van der Waals surface area (Å²) in [6, 6.07) is 12.9. The van der Waals surface area contributed by atoms with E-state index in [0.717, 1.165) is 4.88 Å². The van der Waals surface area contributed by atoms with Gasteiger partial charge in [-0.1, -0.05) is 24.3 Å². The number of urea groups is 1. The molecule has 1 aliphatic heterocycles. The summed E-state index contributed by atoms with van der Waals surface area (Å²) in [7, 11) is 0. The number of aromatic nitrogens is 3. The molecule has 4 rings (SSSR count). The number of hydrogen-bond acceptors (Lipinski definition) is 7. The molecule has 0 saturated carbocycles. The smallest absolute Gasteiger partial charge is 0.343 e. The molecule has 0 atom stereocenters. The van der Waals surface area contributed by atoms with Crippen LogP contribution in [0.25, 0.3) is 10.7 Å². The summed E-state index contributed by atoms with van der Waals surface area (Å²) in [5, 5.41) is 3.79. The molecular formula is C18H18N6O2S. The van der Waals surface area contributed by atoms with Crippen LogP contribution >= 0.6 is 11.3 Å². The number of benzene rings is 1. The van der Waals surface area contributed by atoms with E-state index in [-0.39, 0.29) is 12.0 Å². The normalized spacial score (nSPS) is 14.7. The van der Waals surface area contributed by atoms with E-state index < -0.39 is 0 Å². The number of hydrogen-bond donors (Lipinski definition) is 1. The Hall–Kier alpha value is -2.88. The first-order valence-corrected chi connectivity index (χ1v) is 9.40. The van der Waals surface area contributed by atoms with Gasteiger partial charge in [0, 0.05) is 13.1 Å². The summed E-state index contributed by atoms with van der Waals surface area (Å²) in [5.41, 5.74) is 3.59. The molecular weight excluding hydrogens is 364 g/mol. The zero-order valence-electron chi connectivity index (χ0n) is 14.5. The average molecular weight is 382 g/mol. The maximum atomic E-state index is 13.0. The molecule has 2 aromatic heterocycles. The fraction of sp³-hybridized carbons (Fsp3) is 0.222. The van der Waals surface area contributed by atoms with Crippen molar-refractivity contribution in [3.05, 3.63) is 54.2 Å². The highest BCUT2D eigenvalue weighted by Crippen LogP contribution is 2.25. The molecule has 3 heterocycles. The number of carbonyl (C=O) groups is 1. The van der Waals surface area contributed by atoms with Gasteiger partial charge in [-0.2, -0.15) is 4.98 Å². The van der Waals surface area contributed by atoms with Crippen LogP contribution in [-0.2, 0) is 4.74 Å². The quantitative estimate of drug-likeness (QED) is 0.747. The van der Waals surface area contributed by atoms with E-state index in [9.17, 15) is 4.79 Å². The van der Waals surface area contributed by atoms with E-state index in [1.54, 1.807) is 0 Å². The molecule has 1 aromatic carbocycles. The van der Waals surface area contributed by atoms with E-state index in [1.165, 1.54) is 22.6 Å². The third-order valence-electron chi connectivity index (χ3n) is 3.98. The van der Waals surface area contributed by atoms with Crippen LogP contribution in [0.5, 0.6) is 0 Å². The van der Waals surface area contributed by atoms with E-state index in [1.807, 2.05) is 52.9 Å². The molecule has 9 heteroatoms. The third-order valence-corrected chi connectivity index (χ3v) is 4.85. The standard InChI is InChI=1S/C18H18N6O2S/c25-18(22-23-8-10-26-11-9-23)24(14-5-2-1-3-6-14)17-20-13-19-16(21-17)15-7-4-12-27-15/h1-7,12-13H,8-11H2,(H,22,25). The Labute approximate surface area is 160 Å². The second kappa shape index (κ2) is 8.21. The van der Waals surface area contributed by atoms with Crippen LogP contribution in [0.15, 0.2) is 54.2 Å². The van der Waals surface area contributed by atoms with Crippen molar-refractivity contribution in [2.45, 2.75) is 0 Å². The maximum absolute atomic E-state index is 13.0. The monoisotopic (exact) mass is 382 g/mol. The zero-order valence-corrected chi connectivity index (χ0v) is 15.3. The lowest BCUT2D eigenvalue weighted by Gasteiger charge is -2.30. The number of para-hydroxylation sites is 1. The first-order valence-electron chi connectivity index (χ1n) is 8.53. The summed E-state index contributed by atoms with van der Waals surface area (Å²) in [5.74, 6) is 0.806. The van der Waals surface area contributed by atoms with Gasteiger partial charge in [-0.05, 0) is 23.6 Å². The topological polar surface area (TPSA) is 83.5 Å². The lowest BCUT2D eigenvalue weighted by atomic mass is 10.3. The summed E-state index contributed by atoms with van der Waals surface area (Å²) < 4.78 is 5.33. The molecule has 0 radical (unpaired) electrons. The van der Waals surface area contributed by atoms with Gasteiger partial charge < -0.3 is 4.74 Å². The Morgan fingerprint density at radius 3 is 2.67 bits per heavy atom. The number of amides is 2. The Morgan fingerprint density at radius 2 is 1.93 bits per heavy atom. The van der Waals surface area contributed by atoms with Crippen LogP contribution in [0.2, 0.25) is 0 Å². The minimum absolute atomic E-state index is 0.269. The molecule has 8 nitrogen and oxygen atoms in total. The number of nitrogens with zero attached hydrogens (tertiary/aromatic N) is 5. The molecule has 0 unspecified atom stereocenters. The van der Waals surface area contributed by atoms with Crippen molar-refractivity contribution >= 4 is 29.0 Å². The molecule has 0 spiro atoms. The van der Waals surface area contributed by atoms with Gasteiger partial charge in [-0.25, -0.2) is 24.7 Å². The van der Waals surface area contributed by atoms with Crippen molar-refractivity contribution in [2.75, 3.05) is 31.2 Å². The minimum atomic E-state index is -0.327. The van der Waals surface area contributed by atoms with E-state index >= 15 is 0 Å². The first-order chi connectivity index (χ1) is 13.3. The molecule has 0 bridgehead atoms. The molecule has 3 aromatic rings. The summed E-state index contributed by atoms with van der Waals surface area (Å²) in [4.78, 5) is 28.4. The van der Waals surface area contributed by atoms with Gasteiger partial charge in [0.2, 0.25) is 5.95 Å². The molecule has 1 N–H and O–H groups in total. The number of morpholine rings is 1. The van der Waals surface area contributed by atoms with E-state index in [0.29, 0.717) is 37.8 Å². The van der Waals surface area contributed by atoms with Crippen molar-refractivity contribution in [3.63, 3.8) is 0 Å². The highest BCUT2D eigenvalue weighted by atomic mass is 32.1. The van der Waals surface area contributed by atoms with E-state index in [4.69, 9.17) is 4.74 Å². The largest absolute Gasteiger partial charge is 0.379 e. The molecule has 2 amide bonds. The summed E-state index contributed by atoms with van der Waals surface area (Å²) >= 11 is 1.54. The lowest BCUT2D eigenvalue weighted by Crippen LogP contribution is -2.52. The number of hydrazine groups is 1. The number of ether oxygens (including phenoxy) is 1. The first kappa shape index (κ1) is 17.5. The summed E-state index contributed by atoms with van der Waals surface area (Å²) in [6.07, 6.45) is 1.43. The number of carbonyl (C=O) groups excluding carboxylic acids is 1. The maximum Gasteiger partial charge on any atom is 0.343 e. The number of thiophene rings is 1. The van der Waals surface area contributed by atoms with Crippen LogP contribution in [0.3, 0.4) is 0 Å². The molecule has 1 fully saturated rings. The van der Waals surface area contributed by atoms with Gasteiger partial charge in [-0.3, -0.25) is 5.43 Å². The van der Waals surface area contributed by atoms with Crippen molar-refractivity contribution < 1.29 is 9.53 Å². The number of rotatable bonds is 4. The van der Waals surface area contributed by atoms with Gasteiger partial charge in [-0.15, -0.1) is 11.3 Å². The fourth-order valence-electron chi connectivity index (χ4n) is 2.68. The predicted octanol–water partition coefficient (Wildman–Crippen LogP) is 2.70. The number of anilines is 2. The van der Waals surface area contributed by atoms with Crippen LogP contribution in [0, 0.1) is 0 Å². The SMILES string of the molecule is O=C(NN1CCOCC1)N(c1ccccc1)c1ncnc(-c2cccs2)n1. The highest BCUT2D eigenvalue weighted by Gasteiger charge is 2.24. The van der Waals surface area contributed by atoms with Crippen LogP contribution in [0.4, 0.5) is 16.4 Å². The van der Waals surface area contributed by atoms with Gasteiger partial charge in [0.05, 0.1) is 23.8 Å². The number of nitrogens with one attached hydrogen (secondary N) is 1.